The van der Waals surface area contributed by atoms with E-state index in [0.29, 0.717) is 0 Å². The molecule has 0 aromatic rings. The highest BCUT2D eigenvalue weighted by atomic mass is 16.8. The van der Waals surface area contributed by atoms with E-state index < -0.39 is 222 Å². The number of rotatable bonds is 19. The van der Waals surface area contributed by atoms with Crippen molar-refractivity contribution in [3.63, 3.8) is 0 Å². The third kappa shape index (κ3) is 12.9. The van der Waals surface area contributed by atoms with E-state index in [1.165, 1.54) is 0 Å². The molecule has 0 spiro atoms. The van der Waals surface area contributed by atoms with E-state index in [0.717, 1.165) is 20.8 Å². The Morgan fingerprint density at radius 2 is 0.986 bits per heavy atom. The standard InChI is InChI=1S/C39H65N3O29/c1-10(48)40-19-13(51)4-39(38(61)62,70-31(19)22(53)14(52)5-43)71-33-25(56)17(8-46)66-37(28(33)59)68-30-21(42-12(3)50)35(64-15(6-44)23(30)54)69-32-24(55)16(7-45)65-36(27(32)58)67-29-18(9-47)63-34(60)20(26(29)57)41-11(2)49/h13-37,43-47,51-60H,4-9H2,1-3H3,(H,40,48)(H,41,49)(H,42,50)(H,61,62)/t13-,14+,15+,16+,17+,18+,19+,20+,21+,22+,23-,24-,25-,26+,27+,28+,29+,30+,31+,32-,33-,34+,35-,36-,37-,39-/m0/s1. The van der Waals surface area contributed by atoms with E-state index in [4.69, 9.17) is 42.6 Å². The maximum Gasteiger partial charge on any atom is 0.364 e. The Morgan fingerprint density at radius 3 is 1.48 bits per heavy atom. The minimum Gasteiger partial charge on any atom is -0.477 e. The van der Waals surface area contributed by atoms with Crippen LogP contribution in [0.2, 0.25) is 0 Å². The highest BCUT2D eigenvalue weighted by molar-refractivity contribution is 5.77. The number of hydrogen-bond acceptors (Lipinski definition) is 28. The number of carbonyl (C=O) groups is 4. The highest BCUT2D eigenvalue weighted by Crippen LogP contribution is 2.39. The Balaban J connectivity index is 1.46. The lowest BCUT2D eigenvalue weighted by atomic mass is 9.88. The second-order valence-electron chi connectivity index (χ2n) is 17.6. The van der Waals surface area contributed by atoms with Crippen molar-refractivity contribution < 1.29 is 144 Å². The van der Waals surface area contributed by atoms with Crippen LogP contribution in [-0.4, -0.2) is 297 Å². The number of aliphatic hydroxyl groups is 15. The van der Waals surface area contributed by atoms with Crippen molar-refractivity contribution in [2.75, 3.05) is 33.0 Å². The van der Waals surface area contributed by atoms with Crippen molar-refractivity contribution in [2.45, 2.75) is 186 Å². The smallest absolute Gasteiger partial charge is 0.364 e. The molecule has 0 unspecified atom stereocenters. The summed E-state index contributed by atoms with van der Waals surface area (Å²) >= 11 is 0. The lowest BCUT2D eigenvalue weighted by Crippen LogP contribution is -2.71. The molecule has 5 aliphatic rings. The Labute approximate surface area is 402 Å². The van der Waals surface area contributed by atoms with Crippen molar-refractivity contribution in [3.05, 3.63) is 0 Å². The first kappa shape index (κ1) is 58.8. The number of aliphatic hydroxyl groups excluding tert-OH is 15. The molecule has 5 rings (SSSR count). The quantitative estimate of drug-likeness (QED) is 0.0571. The van der Waals surface area contributed by atoms with Crippen LogP contribution in [-0.2, 0) is 61.8 Å². The molecule has 0 aromatic carbocycles. The van der Waals surface area contributed by atoms with Gasteiger partial charge in [-0.25, -0.2) is 4.79 Å². The number of carbonyl (C=O) groups excluding carboxylic acids is 3. The zero-order valence-electron chi connectivity index (χ0n) is 38.1. The molecule has 0 bridgehead atoms. The first-order valence-corrected chi connectivity index (χ1v) is 22.2. The molecule has 3 amide bonds. The number of nitrogens with one attached hydrogen (secondary N) is 3. The molecule has 32 heteroatoms. The molecule has 5 aliphatic heterocycles. The second kappa shape index (κ2) is 25.0. The summed E-state index contributed by atoms with van der Waals surface area (Å²) in [5.74, 6) is -7.74. The van der Waals surface area contributed by atoms with E-state index in [9.17, 15) is 101 Å². The predicted octanol–water partition coefficient (Wildman–Crippen LogP) is -12.3. The maximum absolute atomic E-state index is 13.0. The number of carboxylic acids is 1. The Bertz CT molecular complexity index is 1780. The second-order valence-corrected chi connectivity index (χ2v) is 17.6. The molecular formula is C39H65N3O29. The molecule has 32 nitrogen and oxygen atoms in total. The van der Waals surface area contributed by atoms with Gasteiger partial charge in [-0.2, -0.15) is 0 Å². The van der Waals surface area contributed by atoms with Gasteiger partial charge >= 0.3 is 5.97 Å². The lowest BCUT2D eigenvalue weighted by molar-refractivity contribution is -0.388. The van der Waals surface area contributed by atoms with Crippen LogP contribution in [0.15, 0.2) is 0 Å². The molecule has 5 heterocycles. The number of amides is 3. The SMILES string of the molecule is CC(=O)N[C@@H]1[C@@H](O)[C@H](O[C@@H]2O[C@H](CO)[C@H](O)[C@H](O[C@@H]3O[C@H](CO)[C@H](O)[C@H](O[C@@H]4O[C@H](CO)[C@H](O)[C@H](O[C@]5(C(=O)O)C[C@H](O)[C@@H](NC(C)=O)[C@H]([C@H](O)[C@H](O)CO)O5)[C@H]4O)[C@H]3NC(C)=O)[C@H]2O)[C@@H](CO)O[C@H]1O. The molecule has 0 radical (unpaired) electrons. The molecule has 19 N–H and O–H groups in total. The summed E-state index contributed by atoms with van der Waals surface area (Å²) in [5, 5.41) is 179. The summed E-state index contributed by atoms with van der Waals surface area (Å²) in [4.78, 5) is 49.6. The van der Waals surface area contributed by atoms with Crippen LogP contribution in [0.1, 0.15) is 27.2 Å². The Kier molecular flexibility index (Phi) is 20.7. The molecule has 0 aromatic heterocycles. The van der Waals surface area contributed by atoms with Gasteiger partial charge in [0.1, 0.15) is 116 Å². The number of ether oxygens (including phenoxy) is 9. The summed E-state index contributed by atoms with van der Waals surface area (Å²) in [7, 11) is 0. The third-order valence-electron chi connectivity index (χ3n) is 12.5. The molecular weight excluding hydrogens is 974 g/mol. The Morgan fingerprint density at radius 1 is 0.549 bits per heavy atom. The van der Waals surface area contributed by atoms with Gasteiger partial charge in [0.05, 0.1) is 45.2 Å². The van der Waals surface area contributed by atoms with Crippen LogP contribution in [0, 0.1) is 0 Å². The van der Waals surface area contributed by atoms with Crippen LogP contribution < -0.4 is 16.0 Å². The van der Waals surface area contributed by atoms with E-state index in [-0.39, 0.29) is 0 Å². The average molecular weight is 1040 g/mol. The summed E-state index contributed by atoms with van der Waals surface area (Å²) in [6.45, 7) is -2.24. The number of hydrogen-bond donors (Lipinski definition) is 19. The van der Waals surface area contributed by atoms with Crippen molar-refractivity contribution in [3.8, 4) is 0 Å². The maximum atomic E-state index is 13.0. The predicted molar refractivity (Wildman–Crippen MR) is 219 cm³/mol. The number of carboxylic acid groups (broad SMARTS) is 1. The van der Waals surface area contributed by atoms with E-state index in [1.807, 2.05) is 0 Å². The lowest BCUT2D eigenvalue weighted by Gasteiger charge is -2.51. The average Bonchev–Trinajstić information content (AvgIpc) is 3.31. The first-order valence-electron chi connectivity index (χ1n) is 22.2. The van der Waals surface area contributed by atoms with Gasteiger partial charge in [-0.15, -0.1) is 0 Å². The summed E-state index contributed by atoms with van der Waals surface area (Å²) < 4.78 is 51.3. The summed E-state index contributed by atoms with van der Waals surface area (Å²) in [6.07, 6.45) is -45.5. The minimum atomic E-state index is -3.20. The first-order chi connectivity index (χ1) is 33.4. The van der Waals surface area contributed by atoms with Crippen LogP contribution >= 0.6 is 0 Å². The molecule has 26 atom stereocenters. The van der Waals surface area contributed by atoms with Gasteiger partial charge in [-0.1, -0.05) is 0 Å². The van der Waals surface area contributed by atoms with Gasteiger partial charge in [0, 0.05) is 27.2 Å². The Hall–Kier alpha value is -3.08. The zero-order valence-corrected chi connectivity index (χ0v) is 38.1. The monoisotopic (exact) mass is 1040 g/mol. The van der Waals surface area contributed by atoms with E-state index in [1.54, 1.807) is 0 Å². The topological polar surface area (TPSA) is 511 Å². The van der Waals surface area contributed by atoms with Crippen LogP contribution in [0.4, 0.5) is 0 Å². The van der Waals surface area contributed by atoms with Gasteiger partial charge < -0.3 is 140 Å². The van der Waals surface area contributed by atoms with Crippen LogP contribution in [0.5, 0.6) is 0 Å². The highest BCUT2D eigenvalue weighted by Gasteiger charge is 2.61. The summed E-state index contributed by atoms with van der Waals surface area (Å²) in [6, 6.07) is -5.08. The van der Waals surface area contributed by atoms with E-state index >= 15 is 0 Å². The van der Waals surface area contributed by atoms with Gasteiger partial charge in [0.2, 0.25) is 17.7 Å². The fourth-order valence-corrected chi connectivity index (χ4v) is 8.94. The molecule has 71 heavy (non-hydrogen) atoms. The van der Waals surface area contributed by atoms with Crippen LogP contribution in [0.25, 0.3) is 0 Å². The zero-order chi connectivity index (χ0) is 53.0. The molecule has 5 saturated heterocycles. The van der Waals surface area contributed by atoms with Gasteiger partial charge in [-0.05, 0) is 0 Å². The molecule has 5 fully saturated rings. The van der Waals surface area contributed by atoms with Crippen molar-refractivity contribution in [1.29, 1.82) is 0 Å². The van der Waals surface area contributed by atoms with Crippen LogP contribution in [0.3, 0.4) is 0 Å². The third-order valence-corrected chi connectivity index (χ3v) is 12.5. The molecule has 410 valence electrons. The fourth-order valence-electron chi connectivity index (χ4n) is 8.94. The van der Waals surface area contributed by atoms with Gasteiger partial charge in [0.25, 0.3) is 5.79 Å². The molecule has 0 saturated carbocycles. The largest absolute Gasteiger partial charge is 0.477 e. The van der Waals surface area contributed by atoms with E-state index in [2.05, 4.69) is 16.0 Å². The van der Waals surface area contributed by atoms with Gasteiger partial charge in [0.15, 0.2) is 25.2 Å². The van der Waals surface area contributed by atoms with Gasteiger partial charge in [-0.3, -0.25) is 14.4 Å². The summed E-state index contributed by atoms with van der Waals surface area (Å²) in [5.41, 5.74) is 0. The normalized spacial score (nSPS) is 45.0. The fraction of sp³-hybridized carbons (Fsp3) is 0.897. The van der Waals surface area contributed by atoms with Crippen molar-refractivity contribution >= 4 is 23.7 Å². The number of aliphatic carboxylic acids is 1. The van der Waals surface area contributed by atoms with Crippen molar-refractivity contribution in [2.24, 2.45) is 0 Å². The minimum absolute atomic E-state index is 0.727. The molecule has 0 aliphatic carbocycles. The van der Waals surface area contributed by atoms with Crippen molar-refractivity contribution in [1.82, 2.24) is 16.0 Å².